The highest BCUT2D eigenvalue weighted by atomic mass is 35.5. The monoisotopic (exact) mass is 496 g/mol. The van der Waals surface area contributed by atoms with Crippen LogP contribution in [-0.2, 0) is 11.1 Å². The average molecular weight is 497 g/mol. The molecule has 0 amide bonds. The maximum absolute atomic E-state index is 14.4. The van der Waals surface area contributed by atoms with Crippen LogP contribution in [0.5, 0.6) is 0 Å². The molecular formula is C27H27Cl2N2OP. The molecule has 0 spiro atoms. The minimum absolute atomic E-state index is 0.472. The molecule has 0 bridgehead atoms. The number of hydrogen-bond acceptors (Lipinski definition) is 2. The summed E-state index contributed by atoms with van der Waals surface area (Å²) in [6.07, 6.45) is 0. The van der Waals surface area contributed by atoms with Crippen molar-refractivity contribution >= 4 is 40.6 Å². The molecular weight excluding hydrogens is 470 g/mol. The minimum atomic E-state index is -3.13. The summed E-state index contributed by atoms with van der Waals surface area (Å²) >= 11 is 13.3. The Labute approximate surface area is 206 Å². The van der Waals surface area contributed by atoms with Crippen LogP contribution in [-0.4, -0.2) is 35.7 Å². The molecule has 1 unspecified atom stereocenters. The molecule has 1 aliphatic heterocycles. The van der Waals surface area contributed by atoms with E-state index in [1.54, 1.807) is 11.6 Å². The molecule has 33 heavy (non-hydrogen) atoms. The molecule has 4 rings (SSSR count). The molecule has 3 aromatic carbocycles. The second kappa shape index (κ2) is 11.3. The second-order valence-corrected chi connectivity index (χ2v) is 11.3. The van der Waals surface area contributed by atoms with E-state index in [1.807, 2.05) is 71.4 Å². The van der Waals surface area contributed by atoms with Crippen molar-refractivity contribution in [3.05, 3.63) is 119 Å². The zero-order valence-electron chi connectivity index (χ0n) is 18.4. The van der Waals surface area contributed by atoms with E-state index >= 15 is 0 Å². The topological polar surface area (TPSA) is 23.6 Å². The van der Waals surface area contributed by atoms with E-state index in [4.69, 9.17) is 23.2 Å². The summed E-state index contributed by atoms with van der Waals surface area (Å²) in [6, 6.07) is 29.7. The van der Waals surface area contributed by atoms with Gasteiger partial charge in [0.1, 0.15) is 0 Å². The van der Waals surface area contributed by atoms with Crippen molar-refractivity contribution in [2.45, 2.75) is 6.54 Å². The molecule has 1 atom stereocenters. The van der Waals surface area contributed by atoms with E-state index in [0.717, 1.165) is 30.8 Å². The predicted octanol–water partition coefficient (Wildman–Crippen LogP) is 7.56. The van der Waals surface area contributed by atoms with Gasteiger partial charge in [0.15, 0.2) is 7.29 Å². The minimum Gasteiger partial charge on any atom is -0.297 e. The molecule has 0 aromatic heterocycles. The lowest BCUT2D eigenvalue weighted by Gasteiger charge is -2.37. The molecule has 3 nitrogen and oxygen atoms in total. The lowest BCUT2D eigenvalue weighted by atomic mass is 10.2. The third kappa shape index (κ3) is 6.47. The largest absolute Gasteiger partial charge is 0.297 e. The van der Waals surface area contributed by atoms with Gasteiger partial charge in [0.25, 0.3) is 0 Å². The van der Waals surface area contributed by atoms with E-state index in [2.05, 4.69) is 29.2 Å². The molecule has 0 N–H and O–H groups in total. The number of nitrogens with zero attached hydrogens (tertiary/aromatic N) is 2. The Balaban J connectivity index is 1.59. The summed E-state index contributed by atoms with van der Waals surface area (Å²) in [4.78, 5) is 2.39. The summed E-state index contributed by atoms with van der Waals surface area (Å²) in [5, 5.41) is 0.943. The molecule has 6 heteroatoms. The number of halogens is 2. The smallest absolute Gasteiger partial charge is 0.196 e. The van der Waals surface area contributed by atoms with Crippen LogP contribution in [0.4, 0.5) is 0 Å². The van der Waals surface area contributed by atoms with Gasteiger partial charge in [0.05, 0.1) is 10.1 Å². The van der Waals surface area contributed by atoms with Crippen molar-refractivity contribution in [2.75, 3.05) is 26.2 Å². The van der Waals surface area contributed by atoms with Gasteiger partial charge in [0.2, 0.25) is 0 Å². The van der Waals surface area contributed by atoms with E-state index in [1.165, 1.54) is 5.56 Å². The Hall–Kier alpha value is -2.13. The quantitative estimate of drug-likeness (QED) is 0.315. The fraction of sp³-hybridized carbons (Fsp3) is 0.185. The summed E-state index contributed by atoms with van der Waals surface area (Å²) in [5.74, 6) is 3.39. The van der Waals surface area contributed by atoms with Crippen molar-refractivity contribution in [3.8, 4) is 0 Å². The molecule has 0 radical (unpaired) electrons. The normalized spacial score (nSPS) is 18.1. The highest BCUT2D eigenvalue weighted by Gasteiger charge is 2.31. The fourth-order valence-corrected chi connectivity index (χ4v) is 7.16. The van der Waals surface area contributed by atoms with Gasteiger partial charge >= 0.3 is 0 Å². The van der Waals surface area contributed by atoms with Crippen LogP contribution >= 0.6 is 30.5 Å². The number of piperazine rings is 1. The lowest BCUT2D eigenvalue weighted by Crippen LogP contribution is -2.43. The maximum atomic E-state index is 14.4. The molecule has 1 aliphatic rings. The highest BCUT2D eigenvalue weighted by Crippen LogP contribution is 2.57. The first-order valence-electron chi connectivity index (χ1n) is 11.0. The van der Waals surface area contributed by atoms with Gasteiger partial charge in [-0.1, -0.05) is 114 Å². The maximum Gasteiger partial charge on any atom is 0.196 e. The molecule has 170 valence electrons. The molecule has 1 heterocycles. The Morgan fingerprint density at radius 1 is 0.697 bits per heavy atom. The molecule has 1 fully saturated rings. The first kappa shape index (κ1) is 24.0. The first-order valence-corrected chi connectivity index (χ1v) is 13.6. The van der Waals surface area contributed by atoms with Gasteiger partial charge in [-0.3, -0.25) is 9.46 Å². The van der Waals surface area contributed by atoms with Crippen molar-refractivity contribution in [1.82, 2.24) is 9.57 Å². The SMILES string of the molecule is O=P(/C=C(\Cl)c1ccccc1)(/C=C(/Cl)c1ccccc1)N1CCN(Cc2ccccc2)CC1. The van der Waals surface area contributed by atoms with Crippen LogP contribution in [0.2, 0.25) is 0 Å². The van der Waals surface area contributed by atoms with Crippen LogP contribution < -0.4 is 0 Å². The zero-order chi connectivity index (χ0) is 23.1. The van der Waals surface area contributed by atoms with Gasteiger partial charge in [-0.25, -0.2) is 4.67 Å². The summed E-state index contributed by atoms with van der Waals surface area (Å²) < 4.78 is 16.4. The van der Waals surface area contributed by atoms with Gasteiger partial charge in [-0.05, 0) is 16.7 Å². The van der Waals surface area contributed by atoms with Gasteiger partial charge in [-0.15, -0.1) is 0 Å². The zero-order valence-corrected chi connectivity index (χ0v) is 20.8. The fourth-order valence-electron chi connectivity index (χ4n) is 3.92. The second-order valence-electron chi connectivity index (χ2n) is 8.07. The summed E-state index contributed by atoms with van der Waals surface area (Å²) in [7, 11) is -3.13. The summed E-state index contributed by atoms with van der Waals surface area (Å²) in [5.41, 5.74) is 2.96. The van der Waals surface area contributed by atoms with Crippen LogP contribution in [0.3, 0.4) is 0 Å². The third-order valence-corrected chi connectivity index (χ3v) is 9.23. The Morgan fingerprint density at radius 3 is 1.58 bits per heavy atom. The van der Waals surface area contributed by atoms with Crippen molar-refractivity contribution in [2.24, 2.45) is 0 Å². The predicted molar refractivity (Wildman–Crippen MR) is 141 cm³/mol. The van der Waals surface area contributed by atoms with Crippen LogP contribution in [0, 0.1) is 0 Å². The van der Waals surface area contributed by atoms with Crippen molar-refractivity contribution in [3.63, 3.8) is 0 Å². The number of rotatable bonds is 7. The molecule has 1 saturated heterocycles. The summed E-state index contributed by atoms with van der Waals surface area (Å²) in [6.45, 7) is 3.89. The van der Waals surface area contributed by atoms with Crippen LogP contribution in [0.15, 0.2) is 103 Å². The Bertz CT molecular complexity index is 1080. The highest BCUT2D eigenvalue weighted by molar-refractivity contribution is 7.68. The van der Waals surface area contributed by atoms with E-state index in [-0.39, 0.29) is 0 Å². The molecule has 3 aromatic rings. The van der Waals surface area contributed by atoms with Gasteiger partial charge in [0, 0.05) is 44.4 Å². The first-order chi connectivity index (χ1) is 16.0. The van der Waals surface area contributed by atoms with Crippen LogP contribution in [0.25, 0.3) is 10.1 Å². The van der Waals surface area contributed by atoms with Gasteiger partial charge in [-0.2, -0.15) is 0 Å². The standard InChI is InChI=1S/C27H27Cl2N2OP/c28-26(24-12-6-2-7-13-24)21-33(32,22-27(29)25-14-8-3-9-15-25)31-18-16-30(17-19-31)20-23-10-4-1-5-11-23/h1-15,21-22H,16-20H2/b26-21-,27-22+. The van der Waals surface area contributed by atoms with Gasteiger partial charge < -0.3 is 0 Å². The average Bonchev–Trinajstić information content (AvgIpc) is 2.86. The van der Waals surface area contributed by atoms with Crippen molar-refractivity contribution < 1.29 is 4.57 Å². The van der Waals surface area contributed by atoms with E-state index < -0.39 is 7.29 Å². The van der Waals surface area contributed by atoms with E-state index in [9.17, 15) is 4.57 Å². The van der Waals surface area contributed by atoms with Crippen molar-refractivity contribution in [1.29, 1.82) is 0 Å². The Morgan fingerprint density at radius 2 is 1.12 bits per heavy atom. The van der Waals surface area contributed by atoms with E-state index in [0.29, 0.717) is 23.2 Å². The molecule has 0 aliphatic carbocycles. The number of benzene rings is 3. The Kier molecular flexibility index (Phi) is 8.25. The number of hydrogen-bond donors (Lipinski definition) is 0. The molecule has 0 saturated carbocycles. The van der Waals surface area contributed by atoms with Crippen LogP contribution in [0.1, 0.15) is 16.7 Å². The lowest BCUT2D eigenvalue weighted by molar-refractivity contribution is 0.182. The third-order valence-electron chi connectivity index (χ3n) is 5.74.